The van der Waals surface area contributed by atoms with Crippen molar-refractivity contribution in [3.05, 3.63) is 28.7 Å². The Hall–Kier alpha value is -0.830. The summed E-state index contributed by atoms with van der Waals surface area (Å²) < 4.78 is 1.04. The average Bonchev–Trinajstić information content (AvgIpc) is 2.19. The number of carbonyl (C=O) groups is 1. The second kappa shape index (κ2) is 4.21. The molecule has 1 saturated heterocycles. The van der Waals surface area contributed by atoms with Gasteiger partial charge in [0.2, 0.25) is 5.91 Å². The van der Waals surface area contributed by atoms with Crippen LogP contribution in [0.25, 0.3) is 0 Å². The minimum Gasteiger partial charge on any atom is -0.307 e. The van der Waals surface area contributed by atoms with Crippen molar-refractivity contribution in [1.29, 1.82) is 0 Å². The average molecular weight is 282 g/mol. The van der Waals surface area contributed by atoms with Crippen molar-refractivity contribution in [1.82, 2.24) is 0 Å². The zero-order valence-corrected chi connectivity index (χ0v) is 11.3. The summed E-state index contributed by atoms with van der Waals surface area (Å²) in [6.45, 7) is 4.26. The zero-order valence-electron chi connectivity index (χ0n) is 9.66. The topological polar surface area (TPSA) is 20.3 Å². The zero-order chi connectivity index (χ0) is 11.8. The molecule has 0 saturated carbocycles. The smallest absolute Gasteiger partial charge is 0.227 e. The Morgan fingerprint density at radius 1 is 1.25 bits per heavy atom. The molecule has 0 N–H and O–H groups in total. The van der Waals surface area contributed by atoms with E-state index in [1.54, 1.807) is 0 Å². The Kier molecular flexibility index (Phi) is 3.06. The molecule has 1 aliphatic rings. The van der Waals surface area contributed by atoms with E-state index >= 15 is 0 Å². The molecule has 0 spiro atoms. The van der Waals surface area contributed by atoms with Gasteiger partial charge in [-0.2, -0.15) is 0 Å². The molecule has 0 aromatic heterocycles. The van der Waals surface area contributed by atoms with Crippen molar-refractivity contribution < 1.29 is 4.79 Å². The number of carbonyl (C=O) groups excluding carboxylic acids is 1. The highest BCUT2D eigenvalue weighted by atomic mass is 79.9. The van der Waals surface area contributed by atoms with Gasteiger partial charge < -0.3 is 4.90 Å². The summed E-state index contributed by atoms with van der Waals surface area (Å²) in [4.78, 5) is 13.9. The molecule has 1 aliphatic heterocycles. The van der Waals surface area contributed by atoms with Crippen LogP contribution in [0.15, 0.2) is 28.7 Å². The second-order valence-electron chi connectivity index (χ2n) is 4.87. The third-order valence-electron chi connectivity index (χ3n) is 3.12. The normalized spacial score (nSPS) is 19.9. The molecule has 0 radical (unpaired) electrons. The van der Waals surface area contributed by atoms with Gasteiger partial charge in [0.15, 0.2) is 0 Å². The number of anilines is 1. The Balaban J connectivity index is 2.36. The molecule has 0 aliphatic carbocycles. The SMILES string of the molecule is CC1(C)CCCC(=O)N1c1ccc(Br)cc1. The fourth-order valence-electron chi connectivity index (χ4n) is 2.32. The summed E-state index contributed by atoms with van der Waals surface area (Å²) >= 11 is 3.41. The van der Waals surface area contributed by atoms with Crippen LogP contribution < -0.4 is 4.90 Å². The first-order chi connectivity index (χ1) is 7.50. The summed E-state index contributed by atoms with van der Waals surface area (Å²) in [6.07, 6.45) is 2.73. The van der Waals surface area contributed by atoms with E-state index in [0.29, 0.717) is 6.42 Å². The molecule has 86 valence electrons. The summed E-state index contributed by atoms with van der Waals surface area (Å²) in [5.74, 6) is 0.235. The number of nitrogens with zero attached hydrogens (tertiary/aromatic N) is 1. The van der Waals surface area contributed by atoms with Gasteiger partial charge in [0.05, 0.1) is 0 Å². The van der Waals surface area contributed by atoms with Gasteiger partial charge in [-0.15, -0.1) is 0 Å². The number of benzene rings is 1. The van der Waals surface area contributed by atoms with Gasteiger partial charge in [-0.25, -0.2) is 0 Å². The summed E-state index contributed by atoms with van der Waals surface area (Å²) in [6, 6.07) is 7.95. The van der Waals surface area contributed by atoms with Crippen molar-refractivity contribution in [2.45, 2.75) is 38.6 Å². The lowest BCUT2D eigenvalue weighted by molar-refractivity contribution is -0.121. The molecule has 1 heterocycles. The molecule has 2 rings (SSSR count). The Bertz CT molecular complexity index is 397. The van der Waals surface area contributed by atoms with Crippen LogP contribution in [0.5, 0.6) is 0 Å². The van der Waals surface area contributed by atoms with Crippen LogP contribution in [0, 0.1) is 0 Å². The molecule has 2 nitrogen and oxygen atoms in total. The third-order valence-corrected chi connectivity index (χ3v) is 3.65. The van der Waals surface area contributed by atoms with E-state index in [-0.39, 0.29) is 11.4 Å². The van der Waals surface area contributed by atoms with Gasteiger partial charge >= 0.3 is 0 Å². The maximum atomic E-state index is 12.0. The van der Waals surface area contributed by atoms with E-state index in [4.69, 9.17) is 0 Å². The predicted molar refractivity (Wildman–Crippen MR) is 69.6 cm³/mol. The summed E-state index contributed by atoms with van der Waals surface area (Å²) in [7, 11) is 0. The molecule has 1 aromatic rings. The third kappa shape index (κ3) is 2.14. The first kappa shape index (κ1) is 11.6. The Labute approximate surface area is 105 Å². The maximum Gasteiger partial charge on any atom is 0.227 e. The van der Waals surface area contributed by atoms with Crippen LogP contribution in [0.4, 0.5) is 5.69 Å². The Morgan fingerprint density at radius 2 is 1.88 bits per heavy atom. The van der Waals surface area contributed by atoms with Crippen molar-refractivity contribution in [3.63, 3.8) is 0 Å². The van der Waals surface area contributed by atoms with Crippen LogP contribution in [-0.2, 0) is 4.79 Å². The number of rotatable bonds is 1. The van der Waals surface area contributed by atoms with Crippen molar-refractivity contribution >= 4 is 27.5 Å². The highest BCUT2D eigenvalue weighted by Gasteiger charge is 2.35. The van der Waals surface area contributed by atoms with Crippen LogP contribution >= 0.6 is 15.9 Å². The lowest BCUT2D eigenvalue weighted by atomic mass is 9.89. The standard InChI is InChI=1S/C13H16BrNO/c1-13(2)9-3-4-12(16)15(13)11-7-5-10(14)6-8-11/h5-8H,3-4,9H2,1-2H3. The van der Waals surface area contributed by atoms with E-state index in [0.717, 1.165) is 23.0 Å². The minimum atomic E-state index is -0.0663. The largest absolute Gasteiger partial charge is 0.307 e. The van der Waals surface area contributed by atoms with Gasteiger partial charge in [-0.3, -0.25) is 4.79 Å². The predicted octanol–water partition coefficient (Wildman–Crippen LogP) is 3.74. The minimum absolute atomic E-state index is 0.0663. The highest BCUT2D eigenvalue weighted by Crippen LogP contribution is 2.33. The molecule has 1 aromatic carbocycles. The van der Waals surface area contributed by atoms with E-state index in [2.05, 4.69) is 29.8 Å². The lowest BCUT2D eigenvalue weighted by Gasteiger charge is -2.42. The van der Waals surface area contributed by atoms with Crippen LogP contribution in [-0.4, -0.2) is 11.4 Å². The maximum absolute atomic E-state index is 12.0. The molecule has 16 heavy (non-hydrogen) atoms. The molecule has 1 fully saturated rings. The first-order valence-corrected chi connectivity index (χ1v) is 6.39. The van der Waals surface area contributed by atoms with E-state index in [1.165, 1.54) is 0 Å². The molecular weight excluding hydrogens is 266 g/mol. The number of halogens is 1. The second-order valence-corrected chi connectivity index (χ2v) is 5.79. The van der Waals surface area contributed by atoms with Crippen molar-refractivity contribution in [2.24, 2.45) is 0 Å². The first-order valence-electron chi connectivity index (χ1n) is 5.59. The van der Waals surface area contributed by atoms with Crippen molar-refractivity contribution in [3.8, 4) is 0 Å². The molecule has 3 heteroatoms. The van der Waals surface area contributed by atoms with E-state index in [1.807, 2.05) is 29.2 Å². The lowest BCUT2D eigenvalue weighted by Crippen LogP contribution is -2.51. The van der Waals surface area contributed by atoms with Crippen LogP contribution in [0.1, 0.15) is 33.1 Å². The molecule has 1 amide bonds. The highest BCUT2D eigenvalue weighted by molar-refractivity contribution is 9.10. The van der Waals surface area contributed by atoms with Crippen molar-refractivity contribution in [2.75, 3.05) is 4.90 Å². The Morgan fingerprint density at radius 3 is 2.44 bits per heavy atom. The molecule has 0 bridgehead atoms. The van der Waals surface area contributed by atoms with Crippen LogP contribution in [0.3, 0.4) is 0 Å². The van der Waals surface area contributed by atoms with E-state index < -0.39 is 0 Å². The monoisotopic (exact) mass is 281 g/mol. The van der Waals surface area contributed by atoms with Gasteiger partial charge in [0.1, 0.15) is 0 Å². The van der Waals surface area contributed by atoms with Gasteiger partial charge in [0, 0.05) is 22.1 Å². The van der Waals surface area contributed by atoms with E-state index in [9.17, 15) is 4.79 Å². The fourth-order valence-corrected chi connectivity index (χ4v) is 2.58. The number of hydrogen-bond donors (Lipinski definition) is 0. The van der Waals surface area contributed by atoms with Crippen LogP contribution in [0.2, 0.25) is 0 Å². The molecule has 0 unspecified atom stereocenters. The van der Waals surface area contributed by atoms with Gasteiger partial charge in [0.25, 0.3) is 0 Å². The van der Waals surface area contributed by atoms with Gasteiger partial charge in [-0.05, 0) is 51.0 Å². The molecular formula is C13H16BrNO. The number of hydrogen-bond acceptors (Lipinski definition) is 1. The molecule has 0 atom stereocenters. The summed E-state index contributed by atoms with van der Waals surface area (Å²) in [5, 5.41) is 0. The quantitative estimate of drug-likeness (QED) is 0.768. The fraction of sp³-hybridized carbons (Fsp3) is 0.462. The number of piperidine rings is 1. The van der Waals surface area contributed by atoms with Gasteiger partial charge in [-0.1, -0.05) is 15.9 Å². The summed E-state index contributed by atoms with van der Waals surface area (Å²) in [5.41, 5.74) is 0.932. The number of amides is 1.